The van der Waals surface area contributed by atoms with Gasteiger partial charge in [-0.1, -0.05) is 41.7 Å². The third-order valence-corrected chi connectivity index (χ3v) is 8.51. The summed E-state index contributed by atoms with van der Waals surface area (Å²) >= 11 is 0. The van der Waals surface area contributed by atoms with Crippen molar-refractivity contribution >= 4 is 28.5 Å². The number of alkyl halides is 1. The Morgan fingerprint density at radius 1 is 1.24 bits per heavy atom. The molecule has 1 saturated heterocycles. The molecule has 2 aromatic carbocycles. The molecule has 2 aliphatic carbocycles. The highest BCUT2D eigenvalue weighted by molar-refractivity contribution is 6.00. The number of phenols is 1. The lowest BCUT2D eigenvalue weighted by atomic mass is 9.68. The first kappa shape index (κ1) is 24.7. The van der Waals surface area contributed by atoms with Crippen LogP contribution in [0.1, 0.15) is 53.9 Å². The van der Waals surface area contributed by atoms with Crippen molar-refractivity contribution in [2.24, 2.45) is 18.9 Å². The number of rotatable bonds is 6. The number of hydrogen-bond donors (Lipinski definition) is 2. The molecule has 0 spiro atoms. The van der Waals surface area contributed by atoms with Crippen molar-refractivity contribution in [2.45, 2.75) is 38.0 Å². The fourth-order valence-electron chi connectivity index (χ4n) is 6.64. The summed E-state index contributed by atoms with van der Waals surface area (Å²) in [5, 5.41) is 23.0. The maximum atomic E-state index is 13.4. The number of carbonyl (C=O) groups is 1. The van der Waals surface area contributed by atoms with E-state index in [0.29, 0.717) is 25.2 Å². The monoisotopic (exact) mass is 512 g/mol. The average molecular weight is 513 g/mol. The predicted molar refractivity (Wildman–Crippen MR) is 147 cm³/mol. The van der Waals surface area contributed by atoms with Crippen LogP contribution in [0.5, 0.6) is 5.75 Å². The Bertz CT molecular complexity index is 1480. The van der Waals surface area contributed by atoms with Gasteiger partial charge in [0.05, 0.1) is 12.2 Å². The second-order valence-electron chi connectivity index (χ2n) is 10.7. The molecule has 3 aromatic rings. The van der Waals surface area contributed by atoms with E-state index in [1.54, 1.807) is 10.7 Å². The van der Waals surface area contributed by atoms with Crippen molar-refractivity contribution < 1.29 is 14.3 Å². The molecule has 3 atom stereocenters. The number of aryl methyl sites for hydroxylation is 1. The van der Waals surface area contributed by atoms with E-state index in [1.165, 1.54) is 5.57 Å². The van der Waals surface area contributed by atoms with Crippen LogP contribution in [0.3, 0.4) is 0 Å². The number of aromatic nitrogens is 3. The second-order valence-corrected chi connectivity index (χ2v) is 10.7. The van der Waals surface area contributed by atoms with Crippen molar-refractivity contribution in [3.8, 4) is 5.75 Å². The van der Waals surface area contributed by atoms with Crippen LogP contribution in [-0.2, 0) is 18.3 Å². The van der Waals surface area contributed by atoms with Crippen molar-refractivity contribution in [1.29, 1.82) is 0 Å². The first-order chi connectivity index (χ1) is 18.5. The number of ketones is 1. The number of Topliss-reactive ketones (excluding diaryl/α,β-unsaturated/α-hetero) is 1. The van der Waals surface area contributed by atoms with Gasteiger partial charge in [0.2, 0.25) is 0 Å². The molecule has 6 nitrogen and oxygen atoms in total. The molecule has 6 rings (SSSR count). The van der Waals surface area contributed by atoms with Crippen LogP contribution in [-0.4, -0.2) is 45.6 Å². The normalized spacial score (nSPS) is 23.3. The van der Waals surface area contributed by atoms with Crippen LogP contribution in [0.2, 0.25) is 0 Å². The van der Waals surface area contributed by atoms with Crippen LogP contribution >= 0.6 is 0 Å². The van der Waals surface area contributed by atoms with Gasteiger partial charge in [-0.15, -0.1) is 5.10 Å². The van der Waals surface area contributed by atoms with Gasteiger partial charge in [-0.2, -0.15) is 0 Å². The van der Waals surface area contributed by atoms with E-state index in [-0.39, 0.29) is 23.4 Å². The Labute approximate surface area is 221 Å². The zero-order valence-corrected chi connectivity index (χ0v) is 21.7. The van der Waals surface area contributed by atoms with Crippen molar-refractivity contribution in [1.82, 2.24) is 20.3 Å². The Hall–Kier alpha value is -3.58. The standard InChI is InChI=1S/C31H33FN4O2/c1-36-27-17-19(8-10-26(27)34-35-36)22-15-20-9-11-29(38)23(6-4-13-32)30(20)31(24-5-2-3-7-28(24)37)25(16-22)21-12-14-33-18-21/h2-3,5,8-11,15,17,21,25,31,33,38H,4,6-7,12-14,16,18H2,1H3. The minimum atomic E-state index is -0.450. The summed E-state index contributed by atoms with van der Waals surface area (Å²) < 4.78 is 15.2. The molecular weight excluding hydrogens is 479 g/mol. The highest BCUT2D eigenvalue weighted by atomic mass is 19.1. The van der Waals surface area contributed by atoms with Gasteiger partial charge in [-0.05, 0) is 96.6 Å². The van der Waals surface area contributed by atoms with E-state index < -0.39 is 6.67 Å². The van der Waals surface area contributed by atoms with E-state index in [2.05, 4.69) is 33.8 Å². The average Bonchev–Trinajstić information content (AvgIpc) is 3.55. The molecular formula is C31H33FN4O2. The number of nitrogens with zero attached hydrogens (tertiary/aromatic N) is 3. The number of fused-ring (bicyclic) bond motifs is 2. The maximum Gasteiger partial charge on any atom is 0.163 e. The van der Waals surface area contributed by atoms with E-state index in [9.17, 15) is 14.3 Å². The maximum absolute atomic E-state index is 13.4. The lowest BCUT2D eigenvalue weighted by Crippen LogP contribution is -2.29. The second kappa shape index (κ2) is 10.3. The van der Waals surface area contributed by atoms with Gasteiger partial charge in [-0.25, -0.2) is 4.68 Å². The summed E-state index contributed by atoms with van der Waals surface area (Å²) in [7, 11) is 1.90. The lowest BCUT2D eigenvalue weighted by molar-refractivity contribution is -0.115. The highest BCUT2D eigenvalue weighted by Crippen LogP contribution is 2.50. The van der Waals surface area contributed by atoms with E-state index in [4.69, 9.17) is 0 Å². The zero-order valence-electron chi connectivity index (χ0n) is 21.7. The number of hydrogen-bond acceptors (Lipinski definition) is 5. The van der Waals surface area contributed by atoms with Crippen molar-refractivity contribution in [2.75, 3.05) is 19.8 Å². The quantitative estimate of drug-likeness (QED) is 0.470. The summed E-state index contributed by atoms with van der Waals surface area (Å²) in [6, 6.07) is 9.93. The Balaban J connectivity index is 1.58. The van der Waals surface area contributed by atoms with Gasteiger partial charge < -0.3 is 10.4 Å². The first-order valence-electron chi connectivity index (χ1n) is 13.6. The van der Waals surface area contributed by atoms with Crippen molar-refractivity contribution in [3.63, 3.8) is 0 Å². The summed E-state index contributed by atoms with van der Waals surface area (Å²) in [6.07, 6.45) is 11.1. The zero-order chi connectivity index (χ0) is 26.2. The van der Waals surface area contributed by atoms with Crippen LogP contribution in [0.4, 0.5) is 4.39 Å². The molecule has 0 saturated carbocycles. The molecule has 196 valence electrons. The van der Waals surface area contributed by atoms with Gasteiger partial charge in [0, 0.05) is 25.0 Å². The lowest BCUT2D eigenvalue weighted by Gasteiger charge is -2.35. The van der Waals surface area contributed by atoms with Gasteiger partial charge in [0.15, 0.2) is 5.78 Å². The minimum absolute atomic E-state index is 0.130. The predicted octanol–water partition coefficient (Wildman–Crippen LogP) is 5.29. The number of aromatic hydroxyl groups is 1. The minimum Gasteiger partial charge on any atom is -0.508 e. The van der Waals surface area contributed by atoms with E-state index in [1.807, 2.05) is 37.4 Å². The number of halogens is 1. The van der Waals surface area contributed by atoms with Gasteiger partial charge in [0.1, 0.15) is 11.3 Å². The van der Waals surface area contributed by atoms with Gasteiger partial charge in [-0.3, -0.25) is 9.18 Å². The Kier molecular flexibility index (Phi) is 6.70. The van der Waals surface area contributed by atoms with Crippen LogP contribution in [0, 0.1) is 11.8 Å². The number of carbonyl (C=O) groups excluding carboxylic acids is 1. The number of nitrogens with one attached hydrogen (secondary N) is 1. The Morgan fingerprint density at radius 2 is 2.13 bits per heavy atom. The third kappa shape index (κ3) is 4.39. The SMILES string of the molecule is Cn1nnc2ccc(C3=Cc4ccc(O)c(CCCF)c4C(C4=CC=CCC4=O)C(C4CCNC4)C3)cc21. The van der Waals surface area contributed by atoms with Gasteiger partial charge >= 0.3 is 0 Å². The van der Waals surface area contributed by atoms with Crippen LogP contribution < -0.4 is 5.32 Å². The fourth-order valence-corrected chi connectivity index (χ4v) is 6.64. The smallest absolute Gasteiger partial charge is 0.163 e. The van der Waals surface area contributed by atoms with Gasteiger partial charge in [0.25, 0.3) is 0 Å². The third-order valence-electron chi connectivity index (χ3n) is 8.51. The molecule has 2 heterocycles. The summed E-state index contributed by atoms with van der Waals surface area (Å²) in [5.41, 5.74) is 7.67. The largest absolute Gasteiger partial charge is 0.508 e. The number of benzene rings is 2. The van der Waals surface area contributed by atoms with Crippen LogP contribution in [0.15, 0.2) is 54.1 Å². The molecule has 7 heteroatoms. The first-order valence-corrected chi connectivity index (χ1v) is 13.6. The molecule has 0 amide bonds. The topological polar surface area (TPSA) is 80.0 Å². The molecule has 1 aromatic heterocycles. The molecule has 3 aliphatic rings. The summed E-state index contributed by atoms with van der Waals surface area (Å²) in [6.45, 7) is 1.40. The van der Waals surface area contributed by atoms with Crippen LogP contribution in [0.25, 0.3) is 22.7 Å². The van der Waals surface area contributed by atoms with E-state index in [0.717, 1.165) is 64.8 Å². The molecule has 2 N–H and O–H groups in total. The molecule has 0 bridgehead atoms. The van der Waals surface area contributed by atoms with E-state index >= 15 is 0 Å². The molecule has 1 fully saturated rings. The highest BCUT2D eigenvalue weighted by Gasteiger charge is 2.40. The Morgan fingerprint density at radius 3 is 2.92 bits per heavy atom. The molecule has 0 radical (unpaired) electrons. The molecule has 3 unspecified atom stereocenters. The van der Waals surface area contributed by atoms with Crippen molar-refractivity contribution in [3.05, 3.63) is 76.4 Å². The molecule has 38 heavy (non-hydrogen) atoms. The number of phenolic OH excluding ortho intramolecular Hbond substituents is 1. The summed E-state index contributed by atoms with van der Waals surface area (Å²) in [5.74, 6) is 0.650. The molecule has 1 aliphatic heterocycles. The fraction of sp³-hybridized carbons (Fsp3) is 0.387. The summed E-state index contributed by atoms with van der Waals surface area (Å²) in [4.78, 5) is 13.4. The number of allylic oxidation sites excluding steroid dienone is 5.